The topological polar surface area (TPSA) is 63.1 Å². The van der Waals surface area contributed by atoms with Gasteiger partial charge in [0.25, 0.3) is 5.91 Å². The lowest BCUT2D eigenvalue weighted by Crippen LogP contribution is -2.49. The summed E-state index contributed by atoms with van der Waals surface area (Å²) in [5, 5.41) is 7.60. The number of rotatable bonds is 2. The first kappa shape index (κ1) is 21.6. The van der Waals surface area contributed by atoms with E-state index in [2.05, 4.69) is 15.4 Å². The zero-order valence-corrected chi connectivity index (χ0v) is 18.0. The number of fused-ring (bicyclic) bond motifs is 1. The third-order valence-corrected chi connectivity index (χ3v) is 6.19. The van der Waals surface area contributed by atoms with Crippen LogP contribution in [0.1, 0.15) is 62.3 Å². The van der Waals surface area contributed by atoms with Crippen molar-refractivity contribution in [1.82, 2.24) is 19.7 Å². The van der Waals surface area contributed by atoms with Gasteiger partial charge in [0, 0.05) is 36.8 Å². The molecule has 0 bridgehead atoms. The van der Waals surface area contributed by atoms with Gasteiger partial charge in [-0.15, -0.1) is 0 Å². The van der Waals surface area contributed by atoms with Gasteiger partial charge in [-0.25, -0.2) is 4.68 Å². The van der Waals surface area contributed by atoms with Crippen molar-refractivity contribution in [1.29, 1.82) is 0 Å². The molecular weight excluding hydrogens is 407 g/mol. The fourth-order valence-electron chi connectivity index (χ4n) is 4.45. The SMILES string of the molecule is CC(C)(C)c1cc2n(n1)[C@@H](C(F)(F)F)C[C@@H](C1CCCN(C(=O)c3ccccn3)C1)N2. The van der Waals surface area contributed by atoms with Gasteiger partial charge in [0.1, 0.15) is 11.5 Å². The molecule has 0 aliphatic carbocycles. The van der Waals surface area contributed by atoms with Crippen LogP contribution in [0, 0.1) is 5.92 Å². The summed E-state index contributed by atoms with van der Waals surface area (Å²) in [6, 6.07) is 4.83. The zero-order chi connectivity index (χ0) is 22.4. The maximum atomic E-state index is 13.9. The molecule has 4 rings (SSSR count). The molecule has 0 spiro atoms. The highest BCUT2D eigenvalue weighted by atomic mass is 19.4. The van der Waals surface area contributed by atoms with Crippen LogP contribution < -0.4 is 5.32 Å². The van der Waals surface area contributed by atoms with E-state index in [4.69, 9.17) is 0 Å². The minimum absolute atomic E-state index is 0.0759. The van der Waals surface area contributed by atoms with Crippen molar-refractivity contribution >= 4 is 11.7 Å². The normalized spacial score (nSPS) is 24.5. The van der Waals surface area contributed by atoms with Crippen molar-refractivity contribution in [2.75, 3.05) is 18.4 Å². The van der Waals surface area contributed by atoms with Crippen molar-refractivity contribution < 1.29 is 18.0 Å². The van der Waals surface area contributed by atoms with Crippen molar-refractivity contribution in [2.24, 2.45) is 5.92 Å². The second kappa shape index (κ2) is 7.84. The van der Waals surface area contributed by atoms with Gasteiger partial charge in [-0.05, 0) is 37.3 Å². The number of carbonyl (C=O) groups excluding carboxylic acids is 1. The smallest absolute Gasteiger partial charge is 0.367 e. The maximum absolute atomic E-state index is 13.9. The lowest BCUT2D eigenvalue weighted by atomic mass is 9.85. The van der Waals surface area contributed by atoms with E-state index in [1.165, 1.54) is 0 Å². The number of hydrogen-bond donors (Lipinski definition) is 1. The number of piperidine rings is 1. The number of alkyl halides is 3. The molecule has 168 valence electrons. The number of hydrogen-bond acceptors (Lipinski definition) is 4. The molecule has 2 aliphatic heterocycles. The number of pyridine rings is 1. The van der Waals surface area contributed by atoms with E-state index in [-0.39, 0.29) is 29.7 Å². The quantitative estimate of drug-likeness (QED) is 0.759. The summed E-state index contributed by atoms with van der Waals surface area (Å²) in [5.41, 5.74) is 0.635. The van der Waals surface area contributed by atoms with Gasteiger partial charge in [-0.2, -0.15) is 18.3 Å². The summed E-state index contributed by atoms with van der Waals surface area (Å²) >= 11 is 0. The Hall–Kier alpha value is -2.58. The molecule has 2 aromatic rings. The molecule has 2 aromatic heterocycles. The Bertz CT molecular complexity index is 935. The average molecular weight is 435 g/mol. The molecule has 2 aliphatic rings. The third-order valence-electron chi connectivity index (χ3n) is 6.19. The monoisotopic (exact) mass is 435 g/mol. The predicted molar refractivity (Wildman–Crippen MR) is 111 cm³/mol. The van der Waals surface area contributed by atoms with Crippen LogP contribution in [0.5, 0.6) is 0 Å². The van der Waals surface area contributed by atoms with Crippen LogP contribution in [0.4, 0.5) is 19.0 Å². The molecule has 0 radical (unpaired) electrons. The number of amides is 1. The molecule has 3 atom stereocenters. The van der Waals surface area contributed by atoms with Crippen LogP contribution in [-0.4, -0.2) is 50.9 Å². The van der Waals surface area contributed by atoms with Crippen LogP contribution in [0.3, 0.4) is 0 Å². The number of nitrogens with one attached hydrogen (secondary N) is 1. The van der Waals surface area contributed by atoms with E-state index in [0.29, 0.717) is 30.3 Å². The van der Waals surface area contributed by atoms with Gasteiger partial charge in [0.15, 0.2) is 6.04 Å². The summed E-state index contributed by atoms with van der Waals surface area (Å²) in [4.78, 5) is 18.7. The number of anilines is 1. The van der Waals surface area contributed by atoms with Crippen LogP contribution in [-0.2, 0) is 5.41 Å². The molecule has 1 saturated heterocycles. The molecule has 9 heteroatoms. The molecular formula is C22H28F3N5O. The fourth-order valence-corrected chi connectivity index (χ4v) is 4.45. The van der Waals surface area contributed by atoms with E-state index >= 15 is 0 Å². The lowest BCUT2D eigenvalue weighted by Gasteiger charge is -2.41. The Labute approximate surface area is 179 Å². The van der Waals surface area contributed by atoms with Gasteiger partial charge < -0.3 is 10.2 Å². The molecule has 6 nitrogen and oxygen atoms in total. The van der Waals surface area contributed by atoms with Gasteiger partial charge in [-0.1, -0.05) is 26.8 Å². The number of nitrogens with zero attached hydrogens (tertiary/aromatic N) is 4. The second-order valence-electron chi connectivity index (χ2n) is 9.52. The van der Waals surface area contributed by atoms with Crippen molar-refractivity contribution in [3.8, 4) is 0 Å². The third kappa shape index (κ3) is 4.41. The van der Waals surface area contributed by atoms with E-state index in [1.807, 2.05) is 20.8 Å². The molecule has 1 unspecified atom stereocenters. The minimum Gasteiger partial charge on any atom is -0.367 e. The van der Waals surface area contributed by atoms with Gasteiger partial charge in [-0.3, -0.25) is 9.78 Å². The highest BCUT2D eigenvalue weighted by Gasteiger charge is 2.48. The maximum Gasteiger partial charge on any atom is 0.410 e. The molecule has 31 heavy (non-hydrogen) atoms. The number of carbonyl (C=O) groups is 1. The average Bonchev–Trinajstić information content (AvgIpc) is 3.17. The molecule has 0 saturated carbocycles. The van der Waals surface area contributed by atoms with Crippen LogP contribution >= 0.6 is 0 Å². The zero-order valence-electron chi connectivity index (χ0n) is 18.0. The van der Waals surface area contributed by atoms with Crippen molar-refractivity contribution in [2.45, 2.75) is 63.7 Å². The van der Waals surface area contributed by atoms with E-state index in [1.54, 1.807) is 35.4 Å². The molecule has 1 N–H and O–H groups in total. The fraction of sp³-hybridized carbons (Fsp3) is 0.591. The standard InChI is InChI=1S/C22H28F3N5O/c1-21(2,3)17-12-19-27-16(11-18(22(23,24)25)30(19)28-17)14-7-6-10-29(13-14)20(31)15-8-4-5-9-26-15/h4-5,8-9,12,14,16,18,27H,6-7,10-11,13H2,1-3H3/t14?,16-,18+/m0/s1. The van der Waals surface area contributed by atoms with Crippen LogP contribution in [0.2, 0.25) is 0 Å². The Balaban J connectivity index is 1.57. The van der Waals surface area contributed by atoms with E-state index in [0.717, 1.165) is 17.5 Å². The summed E-state index contributed by atoms with van der Waals surface area (Å²) in [6.07, 6.45) is -1.40. The molecule has 1 amide bonds. The highest BCUT2D eigenvalue weighted by Crippen LogP contribution is 2.43. The van der Waals surface area contributed by atoms with E-state index < -0.39 is 12.2 Å². The number of aromatic nitrogens is 3. The number of likely N-dealkylation sites (tertiary alicyclic amines) is 1. The summed E-state index contributed by atoms with van der Waals surface area (Å²) < 4.78 is 42.9. The van der Waals surface area contributed by atoms with Crippen LogP contribution in [0.15, 0.2) is 30.5 Å². The van der Waals surface area contributed by atoms with Crippen molar-refractivity contribution in [3.63, 3.8) is 0 Å². The van der Waals surface area contributed by atoms with Gasteiger partial charge >= 0.3 is 6.18 Å². The predicted octanol–water partition coefficient (Wildman–Crippen LogP) is 4.42. The Morgan fingerprint density at radius 2 is 2.00 bits per heavy atom. The first-order chi connectivity index (χ1) is 14.5. The van der Waals surface area contributed by atoms with Crippen molar-refractivity contribution in [3.05, 3.63) is 41.9 Å². The minimum atomic E-state index is -4.39. The Kier molecular flexibility index (Phi) is 5.47. The summed E-state index contributed by atoms with van der Waals surface area (Å²) in [6.45, 7) is 6.81. The molecule has 4 heterocycles. The lowest BCUT2D eigenvalue weighted by molar-refractivity contribution is -0.174. The Morgan fingerprint density at radius 1 is 1.23 bits per heavy atom. The summed E-state index contributed by atoms with van der Waals surface area (Å²) in [5.74, 6) is 0.151. The summed E-state index contributed by atoms with van der Waals surface area (Å²) in [7, 11) is 0. The Morgan fingerprint density at radius 3 is 2.65 bits per heavy atom. The first-order valence-electron chi connectivity index (χ1n) is 10.7. The van der Waals surface area contributed by atoms with Gasteiger partial charge in [0.2, 0.25) is 0 Å². The second-order valence-corrected chi connectivity index (χ2v) is 9.52. The molecule has 0 aromatic carbocycles. The number of halogens is 3. The van der Waals surface area contributed by atoms with Gasteiger partial charge in [0.05, 0.1) is 5.69 Å². The highest BCUT2D eigenvalue weighted by molar-refractivity contribution is 5.92. The largest absolute Gasteiger partial charge is 0.410 e. The van der Waals surface area contributed by atoms with E-state index in [9.17, 15) is 18.0 Å². The van der Waals surface area contributed by atoms with Crippen LogP contribution in [0.25, 0.3) is 0 Å². The first-order valence-corrected chi connectivity index (χ1v) is 10.7. The molecule has 1 fully saturated rings.